The fraction of sp³-hybridized carbons (Fsp3) is 0.667. The zero-order valence-corrected chi connectivity index (χ0v) is 14.1. The molecule has 7 heteroatoms. The molecule has 0 bridgehead atoms. The van der Waals surface area contributed by atoms with E-state index in [0.29, 0.717) is 13.0 Å². The SMILES string of the molecule is CCCC(C)(N)C(=O)NCC1CCCN1c1cccnn1.Cl. The van der Waals surface area contributed by atoms with Crippen LogP contribution in [-0.4, -0.2) is 40.8 Å². The molecule has 1 saturated heterocycles. The molecule has 2 heterocycles. The van der Waals surface area contributed by atoms with E-state index in [2.05, 4.69) is 20.4 Å². The summed E-state index contributed by atoms with van der Waals surface area (Å²) >= 11 is 0. The molecule has 1 aliphatic rings. The van der Waals surface area contributed by atoms with Gasteiger partial charge in [-0.1, -0.05) is 13.3 Å². The van der Waals surface area contributed by atoms with E-state index >= 15 is 0 Å². The maximum atomic E-state index is 12.2. The van der Waals surface area contributed by atoms with Crippen LogP contribution in [0.5, 0.6) is 0 Å². The number of nitrogens with two attached hydrogens (primary N) is 1. The number of aromatic nitrogens is 2. The fourth-order valence-electron chi connectivity index (χ4n) is 2.84. The minimum Gasteiger partial charge on any atom is -0.352 e. The molecule has 6 nitrogen and oxygen atoms in total. The average Bonchev–Trinajstić information content (AvgIpc) is 2.94. The highest BCUT2D eigenvalue weighted by molar-refractivity contribution is 5.85. The Kier molecular flexibility index (Phi) is 7.03. The van der Waals surface area contributed by atoms with Crippen LogP contribution in [0.25, 0.3) is 0 Å². The second kappa shape index (κ2) is 8.29. The van der Waals surface area contributed by atoms with Gasteiger partial charge in [-0.2, -0.15) is 5.10 Å². The Balaban J connectivity index is 0.00000242. The van der Waals surface area contributed by atoms with E-state index < -0.39 is 5.54 Å². The van der Waals surface area contributed by atoms with Gasteiger partial charge in [-0.15, -0.1) is 17.5 Å². The zero-order chi connectivity index (χ0) is 15.3. The third-order valence-electron chi connectivity index (χ3n) is 4.02. The van der Waals surface area contributed by atoms with E-state index in [4.69, 9.17) is 5.73 Å². The van der Waals surface area contributed by atoms with Gasteiger partial charge < -0.3 is 16.0 Å². The lowest BCUT2D eigenvalue weighted by molar-refractivity contribution is -0.126. The molecule has 3 N–H and O–H groups in total. The molecule has 0 aromatic carbocycles. The summed E-state index contributed by atoms with van der Waals surface area (Å²) in [5, 5.41) is 11.1. The smallest absolute Gasteiger partial charge is 0.239 e. The van der Waals surface area contributed by atoms with Gasteiger partial charge in [0.1, 0.15) is 0 Å². The number of hydrogen-bond donors (Lipinski definition) is 2. The Hall–Kier alpha value is -1.40. The number of carbonyl (C=O) groups is 1. The molecule has 1 fully saturated rings. The molecule has 0 radical (unpaired) electrons. The molecule has 1 aromatic rings. The summed E-state index contributed by atoms with van der Waals surface area (Å²) in [5.74, 6) is 0.800. The molecule has 0 saturated carbocycles. The lowest BCUT2D eigenvalue weighted by atomic mass is 9.96. The third kappa shape index (κ3) is 4.55. The highest BCUT2D eigenvalue weighted by Crippen LogP contribution is 2.22. The molecular formula is C15H26ClN5O. The van der Waals surface area contributed by atoms with Crippen molar-refractivity contribution in [2.24, 2.45) is 5.73 Å². The third-order valence-corrected chi connectivity index (χ3v) is 4.02. The van der Waals surface area contributed by atoms with E-state index in [1.807, 2.05) is 19.1 Å². The summed E-state index contributed by atoms with van der Waals surface area (Å²) in [6.07, 6.45) is 5.41. The average molecular weight is 328 g/mol. The van der Waals surface area contributed by atoms with Crippen LogP contribution in [0.2, 0.25) is 0 Å². The van der Waals surface area contributed by atoms with Crippen LogP contribution in [-0.2, 0) is 4.79 Å². The summed E-state index contributed by atoms with van der Waals surface area (Å²) in [6, 6.07) is 4.11. The highest BCUT2D eigenvalue weighted by atomic mass is 35.5. The van der Waals surface area contributed by atoms with Crippen molar-refractivity contribution in [3.63, 3.8) is 0 Å². The molecule has 2 atom stereocenters. The number of carbonyl (C=O) groups excluding carboxylic acids is 1. The summed E-state index contributed by atoms with van der Waals surface area (Å²) in [7, 11) is 0. The Morgan fingerprint density at radius 3 is 3.00 bits per heavy atom. The molecule has 0 aliphatic carbocycles. The number of amides is 1. The second-order valence-electron chi connectivity index (χ2n) is 5.95. The fourth-order valence-corrected chi connectivity index (χ4v) is 2.84. The molecule has 1 aromatic heterocycles. The number of halogens is 1. The van der Waals surface area contributed by atoms with Crippen LogP contribution in [0.3, 0.4) is 0 Å². The first-order valence-electron chi connectivity index (χ1n) is 7.66. The Labute approximate surface area is 138 Å². The van der Waals surface area contributed by atoms with Gasteiger partial charge >= 0.3 is 0 Å². The van der Waals surface area contributed by atoms with E-state index in [9.17, 15) is 4.79 Å². The van der Waals surface area contributed by atoms with E-state index in [1.165, 1.54) is 0 Å². The van der Waals surface area contributed by atoms with E-state index in [1.54, 1.807) is 13.1 Å². The summed E-state index contributed by atoms with van der Waals surface area (Å²) < 4.78 is 0. The lowest BCUT2D eigenvalue weighted by Crippen LogP contribution is -2.53. The summed E-state index contributed by atoms with van der Waals surface area (Å²) in [6.45, 7) is 5.38. The molecule has 2 rings (SSSR count). The second-order valence-corrected chi connectivity index (χ2v) is 5.95. The van der Waals surface area contributed by atoms with Crippen LogP contribution in [0.4, 0.5) is 5.82 Å². The molecule has 0 spiro atoms. The summed E-state index contributed by atoms with van der Waals surface area (Å²) in [4.78, 5) is 14.4. The van der Waals surface area contributed by atoms with Crippen molar-refractivity contribution in [1.82, 2.24) is 15.5 Å². The normalized spacial score (nSPS) is 20.1. The molecule has 2 unspecified atom stereocenters. The molecule has 1 amide bonds. The first kappa shape index (κ1) is 18.6. The zero-order valence-electron chi connectivity index (χ0n) is 13.3. The number of rotatable bonds is 6. The monoisotopic (exact) mass is 327 g/mol. The van der Waals surface area contributed by atoms with Crippen molar-refractivity contribution in [3.8, 4) is 0 Å². The van der Waals surface area contributed by atoms with Gasteiger partial charge in [0, 0.05) is 25.3 Å². The quantitative estimate of drug-likeness (QED) is 0.827. The van der Waals surface area contributed by atoms with Gasteiger partial charge in [-0.25, -0.2) is 0 Å². The molecule has 22 heavy (non-hydrogen) atoms. The Bertz CT molecular complexity index is 468. The van der Waals surface area contributed by atoms with Gasteiger partial charge in [0.05, 0.1) is 5.54 Å². The Morgan fingerprint density at radius 2 is 2.36 bits per heavy atom. The van der Waals surface area contributed by atoms with Crippen LogP contribution in [0.15, 0.2) is 18.3 Å². The minimum atomic E-state index is -0.787. The number of hydrogen-bond acceptors (Lipinski definition) is 5. The molecular weight excluding hydrogens is 302 g/mol. The van der Waals surface area contributed by atoms with Crippen LogP contribution in [0.1, 0.15) is 39.5 Å². The van der Waals surface area contributed by atoms with Gasteiger partial charge in [-0.3, -0.25) is 4.79 Å². The number of nitrogens with zero attached hydrogens (tertiary/aromatic N) is 3. The van der Waals surface area contributed by atoms with Crippen molar-refractivity contribution in [2.75, 3.05) is 18.0 Å². The van der Waals surface area contributed by atoms with Gasteiger partial charge in [0.15, 0.2) is 5.82 Å². The van der Waals surface area contributed by atoms with Crippen molar-refractivity contribution < 1.29 is 4.79 Å². The maximum absolute atomic E-state index is 12.2. The highest BCUT2D eigenvalue weighted by Gasteiger charge is 2.30. The molecule has 124 valence electrons. The summed E-state index contributed by atoms with van der Waals surface area (Å²) in [5.41, 5.74) is 5.27. The van der Waals surface area contributed by atoms with E-state index in [-0.39, 0.29) is 24.4 Å². The number of nitrogens with one attached hydrogen (secondary N) is 1. The van der Waals surface area contributed by atoms with Crippen LogP contribution < -0.4 is 16.0 Å². The minimum absolute atomic E-state index is 0. The van der Waals surface area contributed by atoms with Crippen LogP contribution >= 0.6 is 12.4 Å². The predicted octanol–water partition coefficient (Wildman–Crippen LogP) is 1.50. The largest absolute Gasteiger partial charge is 0.352 e. The number of anilines is 1. The Morgan fingerprint density at radius 1 is 1.59 bits per heavy atom. The first-order chi connectivity index (χ1) is 10.0. The van der Waals surface area contributed by atoms with Crippen molar-refractivity contribution >= 4 is 24.1 Å². The van der Waals surface area contributed by atoms with E-state index in [0.717, 1.165) is 31.6 Å². The first-order valence-corrected chi connectivity index (χ1v) is 7.66. The predicted molar refractivity (Wildman–Crippen MR) is 90.2 cm³/mol. The van der Waals surface area contributed by atoms with Gasteiger partial charge in [-0.05, 0) is 38.3 Å². The topological polar surface area (TPSA) is 84.1 Å². The van der Waals surface area contributed by atoms with Crippen molar-refractivity contribution in [3.05, 3.63) is 18.3 Å². The van der Waals surface area contributed by atoms with Crippen molar-refractivity contribution in [2.45, 2.75) is 51.1 Å². The standard InChI is InChI=1S/C15H25N5O.ClH/c1-3-8-15(2,16)14(21)17-11-12-6-5-10-20(12)13-7-4-9-18-19-13;/h4,7,9,12H,3,5-6,8,10-11,16H2,1-2H3,(H,17,21);1H. The maximum Gasteiger partial charge on any atom is 0.239 e. The van der Waals surface area contributed by atoms with Crippen molar-refractivity contribution in [1.29, 1.82) is 0 Å². The lowest BCUT2D eigenvalue weighted by Gasteiger charge is -2.28. The van der Waals surface area contributed by atoms with Gasteiger partial charge in [0.25, 0.3) is 0 Å². The van der Waals surface area contributed by atoms with Crippen LogP contribution in [0, 0.1) is 0 Å². The molecule has 1 aliphatic heterocycles. The van der Waals surface area contributed by atoms with Gasteiger partial charge in [0.2, 0.25) is 5.91 Å².